The first-order valence-corrected chi connectivity index (χ1v) is 11.2. The number of nitrogens with zero attached hydrogens (tertiary/aromatic N) is 4. The van der Waals surface area contributed by atoms with Gasteiger partial charge in [0.05, 0.1) is 11.4 Å². The van der Waals surface area contributed by atoms with E-state index in [0.717, 1.165) is 21.8 Å². The highest BCUT2D eigenvalue weighted by Crippen LogP contribution is 2.45. The number of thioether (sulfide) groups is 1. The van der Waals surface area contributed by atoms with E-state index < -0.39 is 0 Å². The van der Waals surface area contributed by atoms with Crippen LogP contribution in [-0.4, -0.2) is 34.0 Å². The number of aromatic nitrogens is 2. The second kappa shape index (κ2) is 8.36. The third-order valence-corrected chi connectivity index (χ3v) is 7.34. The maximum atomic E-state index is 13.1. The Hall–Kier alpha value is -2.84. The Morgan fingerprint density at radius 1 is 1.10 bits per heavy atom. The highest BCUT2D eigenvalue weighted by molar-refractivity contribution is 7.99. The first-order valence-electron chi connectivity index (χ1n) is 9.87. The summed E-state index contributed by atoms with van der Waals surface area (Å²) < 4.78 is 3.07. The first kappa shape index (κ1) is 21.4. The zero-order chi connectivity index (χ0) is 22.3. The minimum Gasteiger partial charge on any atom is -0.494 e. The average Bonchev–Trinajstić information content (AvgIpc) is 2.96. The van der Waals surface area contributed by atoms with E-state index in [9.17, 15) is 9.90 Å². The molecule has 1 atom stereocenters. The smallest absolute Gasteiger partial charge is 0.267 e. The monoisotopic (exact) mass is 452 g/mol. The van der Waals surface area contributed by atoms with Gasteiger partial charge in [-0.05, 0) is 42.0 Å². The van der Waals surface area contributed by atoms with Crippen LogP contribution in [0.4, 0.5) is 11.4 Å². The number of para-hydroxylation sites is 1. The molecular formula is C23H24N4O2S2. The van der Waals surface area contributed by atoms with Gasteiger partial charge in [-0.25, -0.2) is 0 Å². The van der Waals surface area contributed by atoms with Crippen molar-refractivity contribution in [1.82, 2.24) is 9.13 Å². The molecule has 1 N–H and O–H groups in total. The van der Waals surface area contributed by atoms with E-state index in [-0.39, 0.29) is 27.0 Å². The molecule has 0 unspecified atom stereocenters. The number of rotatable bonds is 3. The number of anilines is 1. The van der Waals surface area contributed by atoms with Gasteiger partial charge in [0.15, 0.2) is 4.77 Å². The van der Waals surface area contributed by atoms with Gasteiger partial charge < -0.3 is 10.0 Å². The van der Waals surface area contributed by atoms with Crippen LogP contribution in [0.3, 0.4) is 0 Å². The second-order valence-electron chi connectivity index (χ2n) is 7.73. The number of hydrogen-bond acceptors (Lipinski definition) is 6. The fourth-order valence-electron chi connectivity index (χ4n) is 3.63. The molecule has 0 saturated heterocycles. The Bertz CT molecular complexity index is 1290. The summed E-state index contributed by atoms with van der Waals surface area (Å²) >= 11 is 6.99. The van der Waals surface area contributed by atoms with E-state index in [1.165, 1.54) is 9.13 Å². The maximum absolute atomic E-state index is 13.1. The number of fused-ring (bicyclic) bond motifs is 1. The van der Waals surface area contributed by atoms with Crippen LogP contribution in [0.2, 0.25) is 0 Å². The predicted octanol–water partition coefficient (Wildman–Crippen LogP) is 4.58. The highest BCUT2D eigenvalue weighted by Gasteiger charge is 2.27. The Morgan fingerprint density at radius 2 is 1.77 bits per heavy atom. The molecule has 0 spiro atoms. The molecule has 3 aromatic rings. The number of benzene rings is 2. The summed E-state index contributed by atoms with van der Waals surface area (Å²) in [6.45, 7) is 0. The summed E-state index contributed by atoms with van der Waals surface area (Å²) in [5.74, 6) is -0.155. The quantitative estimate of drug-likeness (QED) is 0.589. The zero-order valence-corrected chi connectivity index (χ0v) is 19.5. The summed E-state index contributed by atoms with van der Waals surface area (Å²) in [6, 6.07) is 16.3. The number of aromatic hydroxyl groups is 1. The van der Waals surface area contributed by atoms with Crippen LogP contribution in [0.15, 0.2) is 63.2 Å². The van der Waals surface area contributed by atoms with Crippen LogP contribution < -0.4 is 10.5 Å². The van der Waals surface area contributed by atoms with E-state index in [4.69, 9.17) is 17.2 Å². The Kier molecular flexibility index (Phi) is 5.77. The lowest BCUT2D eigenvalue weighted by molar-refractivity contribution is 0.414. The van der Waals surface area contributed by atoms with E-state index >= 15 is 0 Å². The Balaban J connectivity index is 1.88. The van der Waals surface area contributed by atoms with Crippen molar-refractivity contribution in [2.45, 2.75) is 16.6 Å². The Morgan fingerprint density at radius 3 is 2.45 bits per heavy atom. The third kappa shape index (κ3) is 3.93. The molecule has 1 aromatic heterocycles. The van der Waals surface area contributed by atoms with Gasteiger partial charge in [-0.2, -0.15) is 0 Å². The van der Waals surface area contributed by atoms with Crippen molar-refractivity contribution in [3.05, 3.63) is 74.8 Å². The van der Waals surface area contributed by atoms with E-state index in [0.29, 0.717) is 12.1 Å². The lowest BCUT2D eigenvalue weighted by Gasteiger charge is -2.19. The van der Waals surface area contributed by atoms with Gasteiger partial charge in [-0.1, -0.05) is 24.3 Å². The van der Waals surface area contributed by atoms with Gasteiger partial charge >= 0.3 is 0 Å². The molecule has 160 valence electrons. The summed E-state index contributed by atoms with van der Waals surface area (Å²) in [5.41, 5.74) is 3.47. The van der Waals surface area contributed by atoms with Crippen molar-refractivity contribution in [1.29, 1.82) is 0 Å². The molecule has 2 heterocycles. The summed E-state index contributed by atoms with van der Waals surface area (Å²) in [4.78, 5) is 21.0. The molecule has 31 heavy (non-hydrogen) atoms. The van der Waals surface area contributed by atoms with Crippen molar-refractivity contribution in [2.75, 3.05) is 19.0 Å². The first-order chi connectivity index (χ1) is 14.8. The molecule has 0 saturated carbocycles. The van der Waals surface area contributed by atoms with Crippen LogP contribution in [0.1, 0.15) is 22.8 Å². The average molecular weight is 453 g/mol. The summed E-state index contributed by atoms with van der Waals surface area (Å²) in [5, 5.41) is 10.9. The molecule has 0 fully saturated rings. The number of hydrogen-bond donors (Lipinski definition) is 1. The van der Waals surface area contributed by atoms with Crippen molar-refractivity contribution in [2.24, 2.45) is 19.1 Å². The molecule has 0 radical (unpaired) electrons. The van der Waals surface area contributed by atoms with Crippen LogP contribution in [-0.2, 0) is 14.1 Å². The van der Waals surface area contributed by atoms with Crippen LogP contribution >= 0.6 is 24.0 Å². The lowest BCUT2D eigenvalue weighted by atomic mass is 10.0. The van der Waals surface area contributed by atoms with E-state index in [1.54, 1.807) is 25.9 Å². The van der Waals surface area contributed by atoms with Gasteiger partial charge in [0.1, 0.15) is 5.56 Å². The lowest BCUT2D eigenvalue weighted by Crippen LogP contribution is -2.29. The fourth-order valence-corrected chi connectivity index (χ4v) is 5.03. The molecule has 0 amide bonds. The van der Waals surface area contributed by atoms with Crippen molar-refractivity contribution < 1.29 is 5.11 Å². The molecule has 4 rings (SSSR count). The van der Waals surface area contributed by atoms with Gasteiger partial charge in [0.2, 0.25) is 5.88 Å². The topological polar surface area (TPSA) is 62.8 Å². The zero-order valence-electron chi connectivity index (χ0n) is 17.9. The van der Waals surface area contributed by atoms with Crippen LogP contribution in [0, 0.1) is 4.77 Å². The van der Waals surface area contributed by atoms with Crippen molar-refractivity contribution in [3.8, 4) is 5.88 Å². The summed E-state index contributed by atoms with van der Waals surface area (Å²) in [7, 11) is 7.29. The normalized spacial score (nSPS) is 15.7. The fraction of sp³-hybridized carbons (Fsp3) is 0.261. The van der Waals surface area contributed by atoms with Crippen LogP contribution in [0.5, 0.6) is 5.88 Å². The highest BCUT2D eigenvalue weighted by atomic mass is 32.2. The molecule has 6 nitrogen and oxygen atoms in total. The molecule has 1 aliphatic rings. The molecule has 2 aromatic carbocycles. The van der Waals surface area contributed by atoms with Crippen molar-refractivity contribution >= 4 is 41.1 Å². The third-order valence-electron chi connectivity index (χ3n) is 5.47. The van der Waals surface area contributed by atoms with Crippen molar-refractivity contribution in [3.63, 3.8) is 0 Å². The predicted molar refractivity (Wildman–Crippen MR) is 130 cm³/mol. The SMILES string of the molecule is CN(C)c1ccc([C@H]2CC(c3c(O)n(C)c(=S)n(C)c3=O)=Nc3ccccc3S2)cc1. The summed E-state index contributed by atoms with van der Waals surface area (Å²) in [6.07, 6.45) is 0.500. The molecule has 1 aliphatic heterocycles. The maximum Gasteiger partial charge on any atom is 0.267 e. The van der Waals surface area contributed by atoms with Gasteiger partial charge in [-0.3, -0.25) is 18.9 Å². The minimum absolute atomic E-state index is 0.0382. The molecule has 0 bridgehead atoms. The van der Waals surface area contributed by atoms with Gasteiger partial charge in [-0.15, -0.1) is 11.8 Å². The van der Waals surface area contributed by atoms with Crippen LogP contribution in [0.25, 0.3) is 0 Å². The second-order valence-corrected chi connectivity index (χ2v) is 9.34. The van der Waals surface area contributed by atoms with Gasteiger partial charge in [0, 0.05) is 50.4 Å². The number of aliphatic imine (C=N–C) groups is 1. The minimum atomic E-state index is -0.342. The van der Waals surface area contributed by atoms with E-state index in [1.807, 2.05) is 38.4 Å². The standard InChI is InChI=1S/C23H24N4O2S2/c1-25(2)15-11-9-14(10-12-15)19-13-17(24-16-7-5-6-8-18(16)31-19)20-21(28)26(3)23(30)27(4)22(20)29/h5-12,19,28H,13H2,1-4H3/t19-/m1/s1. The Labute approximate surface area is 190 Å². The van der Waals surface area contributed by atoms with E-state index in [2.05, 4.69) is 29.2 Å². The molecular weight excluding hydrogens is 428 g/mol. The van der Waals surface area contributed by atoms with Gasteiger partial charge in [0.25, 0.3) is 5.56 Å². The largest absolute Gasteiger partial charge is 0.494 e. The molecule has 0 aliphatic carbocycles. The molecule has 8 heteroatoms.